The zero-order chi connectivity index (χ0) is 10.6. The summed E-state index contributed by atoms with van der Waals surface area (Å²) in [6, 6.07) is 0. The summed E-state index contributed by atoms with van der Waals surface area (Å²) in [6.07, 6.45) is 3.33. The Labute approximate surface area is 87.8 Å². The third-order valence-electron chi connectivity index (χ3n) is 2.89. The third kappa shape index (κ3) is 1.63. The molecular weight excluding hydrogens is 226 g/mol. The largest absolute Gasteiger partial charge is 0.324 e. The van der Waals surface area contributed by atoms with Gasteiger partial charge in [-0.1, -0.05) is 12.8 Å². The standard InChI is InChI=1S/C8H12ClNO3S/c1-8(4-6-2-3-6)5-7(11)10(8)14(9,12)13/h6H,2-5H2,1H3. The van der Waals surface area contributed by atoms with E-state index < -0.39 is 14.8 Å². The predicted molar refractivity (Wildman–Crippen MR) is 52.0 cm³/mol. The maximum atomic E-state index is 11.2. The first-order chi connectivity index (χ1) is 6.33. The van der Waals surface area contributed by atoms with Gasteiger partial charge in [0.05, 0.1) is 12.0 Å². The summed E-state index contributed by atoms with van der Waals surface area (Å²) >= 11 is 0. The minimum atomic E-state index is -3.88. The molecule has 1 heterocycles. The number of nitrogens with zero attached hydrogens (tertiary/aromatic N) is 1. The fourth-order valence-electron chi connectivity index (χ4n) is 2.16. The van der Waals surface area contributed by atoms with E-state index in [1.165, 1.54) is 0 Å². The molecule has 1 atom stereocenters. The zero-order valence-electron chi connectivity index (χ0n) is 7.86. The number of carbonyl (C=O) groups excluding carboxylic acids is 1. The molecule has 1 amide bonds. The molecule has 2 fully saturated rings. The normalized spacial score (nSPS) is 33.0. The van der Waals surface area contributed by atoms with Gasteiger partial charge < -0.3 is 0 Å². The molecular formula is C8H12ClNO3S. The van der Waals surface area contributed by atoms with Crippen LogP contribution in [0.25, 0.3) is 0 Å². The summed E-state index contributed by atoms with van der Waals surface area (Å²) < 4.78 is 23.1. The molecule has 4 nitrogen and oxygen atoms in total. The number of carbonyl (C=O) groups is 1. The number of halogens is 1. The third-order valence-corrected chi connectivity index (χ3v) is 4.39. The lowest BCUT2D eigenvalue weighted by Gasteiger charge is -2.47. The second-order valence-electron chi connectivity index (χ2n) is 4.42. The summed E-state index contributed by atoms with van der Waals surface area (Å²) in [7, 11) is 1.31. The highest BCUT2D eigenvalue weighted by Gasteiger charge is 2.54. The highest BCUT2D eigenvalue weighted by molar-refractivity contribution is 8.12. The zero-order valence-corrected chi connectivity index (χ0v) is 9.44. The van der Waals surface area contributed by atoms with Crippen LogP contribution in [0, 0.1) is 5.92 Å². The van der Waals surface area contributed by atoms with Gasteiger partial charge in [0.15, 0.2) is 0 Å². The van der Waals surface area contributed by atoms with Crippen LogP contribution < -0.4 is 0 Å². The Morgan fingerprint density at radius 2 is 2.14 bits per heavy atom. The van der Waals surface area contributed by atoms with E-state index in [1.54, 1.807) is 6.92 Å². The van der Waals surface area contributed by atoms with Crippen LogP contribution in [0.5, 0.6) is 0 Å². The maximum Gasteiger partial charge on any atom is 0.324 e. The summed E-state index contributed by atoms with van der Waals surface area (Å²) in [5.74, 6) is 0.192. The lowest BCUT2D eigenvalue weighted by molar-refractivity contribution is -0.144. The van der Waals surface area contributed by atoms with Gasteiger partial charge in [-0.25, -0.2) is 4.31 Å². The van der Waals surface area contributed by atoms with Crippen molar-refractivity contribution < 1.29 is 13.2 Å². The molecule has 80 valence electrons. The van der Waals surface area contributed by atoms with Crippen LogP contribution in [0.3, 0.4) is 0 Å². The van der Waals surface area contributed by atoms with Crippen molar-refractivity contribution in [2.45, 2.75) is 38.1 Å². The van der Waals surface area contributed by atoms with Crippen LogP contribution in [0.4, 0.5) is 0 Å². The molecule has 1 aliphatic carbocycles. The van der Waals surface area contributed by atoms with E-state index in [0.717, 1.165) is 23.6 Å². The van der Waals surface area contributed by atoms with Gasteiger partial charge in [0.2, 0.25) is 5.91 Å². The Bertz CT molecular complexity index is 376. The molecule has 1 unspecified atom stereocenters. The molecule has 0 aromatic heterocycles. The molecule has 1 saturated carbocycles. The molecule has 0 bridgehead atoms. The van der Waals surface area contributed by atoms with E-state index in [4.69, 9.17) is 10.7 Å². The van der Waals surface area contributed by atoms with Gasteiger partial charge in [0.1, 0.15) is 0 Å². The Kier molecular flexibility index (Phi) is 2.09. The van der Waals surface area contributed by atoms with Gasteiger partial charge in [0, 0.05) is 10.7 Å². The first-order valence-corrected chi connectivity index (χ1v) is 6.87. The Hall–Kier alpha value is -0.290. The van der Waals surface area contributed by atoms with Crippen molar-refractivity contribution in [1.29, 1.82) is 0 Å². The molecule has 0 aromatic carbocycles. The number of rotatable bonds is 3. The van der Waals surface area contributed by atoms with E-state index in [2.05, 4.69) is 0 Å². The van der Waals surface area contributed by atoms with Crippen molar-refractivity contribution in [3.8, 4) is 0 Å². The number of amides is 1. The van der Waals surface area contributed by atoms with Crippen LogP contribution in [0.2, 0.25) is 0 Å². The van der Waals surface area contributed by atoms with Gasteiger partial charge in [-0.05, 0) is 19.3 Å². The summed E-state index contributed by atoms with van der Waals surface area (Å²) in [5.41, 5.74) is -0.557. The predicted octanol–water partition coefficient (Wildman–Crippen LogP) is 1.26. The molecule has 0 spiro atoms. The average molecular weight is 238 g/mol. The van der Waals surface area contributed by atoms with Crippen molar-refractivity contribution in [3.05, 3.63) is 0 Å². The summed E-state index contributed by atoms with van der Waals surface area (Å²) in [4.78, 5) is 11.2. The van der Waals surface area contributed by atoms with Gasteiger partial charge >= 0.3 is 9.24 Å². The van der Waals surface area contributed by atoms with Crippen LogP contribution in [0.15, 0.2) is 0 Å². The molecule has 6 heteroatoms. The van der Waals surface area contributed by atoms with E-state index in [1.807, 2.05) is 0 Å². The second-order valence-corrected chi connectivity index (χ2v) is 6.78. The smallest absolute Gasteiger partial charge is 0.274 e. The van der Waals surface area contributed by atoms with Gasteiger partial charge in [-0.3, -0.25) is 4.79 Å². The Balaban J connectivity index is 2.16. The highest BCUT2D eigenvalue weighted by atomic mass is 35.7. The molecule has 2 aliphatic rings. The highest BCUT2D eigenvalue weighted by Crippen LogP contribution is 2.46. The molecule has 1 saturated heterocycles. The van der Waals surface area contributed by atoms with Gasteiger partial charge in [0.25, 0.3) is 0 Å². The first kappa shape index (κ1) is 10.2. The van der Waals surface area contributed by atoms with E-state index >= 15 is 0 Å². The topological polar surface area (TPSA) is 54.5 Å². The van der Waals surface area contributed by atoms with Crippen molar-refractivity contribution in [2.24, 2.45) is 5.92 Å². The summed E-state index contributed by atoms with van der Waals surface area (Å²) in [5, 5.41) is 0. The SMILES string of the molecule is CC1(CC2CC2)CC(=O)N1S(=O)(=O)Cl. The fourth-order valence-corrected chi connectivity index (χ4v) is 3.87. The molecule has 1 aliphatic heterocycles. The quantitative estimate of drug-likeness (QED) is 0.549. The maximum absolute atomic E-state index is 11.2. The number of hydrogen-bond donors (Lipinski definition) is 0. The first-order valence-electron chi connectivity index (χ1n) is 4.61. The number of β-lactam (4-membered cyclic amide) rings is 1. The van der Waals surface area contributed by atoms with E-state index in [-0.39, 0.29) is 5.91 Å². The minimum absolute atomic E-state index is 0.301. The van der Waals surface area contributed by atoms with Crippen LogP contribution in [-0.4, -0.2) is 24.2 Å². The van der Waals surface area contributed by atoms with Crippen molar-refractivity contribution in [1.82, 2.24) is 4.31 Å². The van der Waals surface area contributed by atoms with Crippen LogP contribution in [-0.2, 0) is 14.0 Å². The van der Waals surface area contributed by atoms with E-state index in [0.29, 0.717) is 12.3 Å². The molecule has 0 N–H and O–H groups in total. The summed E-state index contributed by atoms with van der Waals surface area (Å²) in [6.45, 7) is 1.78. The Morgan fingerprint density at radius 3 is 2.50 bits per heavy atom. The lowest BCUT2D eigenvalue weighted by Crippen LogP contribution is -2.62. The fraction of sp³-hybridized carbons (Fsp3) is 0.875. The second kappa shape index (κ2) is 2.85. The van der Waals surface area contributed by atoms with Crippen molar-refractivity contribution in [3.63, 3.8) is 0 Å². The average Bonchev–Trinajstić information content (AvgIpc) is 2.64. The minimum Gasteiger partial charge on any atom is -0.274 e. The molecule has 2 rings (SSSR count). The van der Waals surface area contributed by atoms with Crippen LogP contribution >= 0.6 is 10.7 Å². The molecule has 0 radical (unpaired) electrons. The van der Waals surface area contributed by atoms with E-state index in [9.17, 15) is 13.2 Å². The lowest BCUT2D eigenvalue weighted by atomic mass is 9.84. The van der Waals surface area contributed by atoms with Gasteiger partial charge in [-0.2, -0.15) is 8.42 Å². The van der Waals surface area contributed by atoms with Crippen molar-refractivity contribution in [2.75, 3.05) is 0 Å². The van der Waals surface area contributed by atoms with Gasteiger partial charge in [-0.15, -0.1) is 0 Å². The monoisotopic (exact) mass is 237 g/mol. The van der Waals surface area contributed by atoms with Crippen LogP contribution in [0.1, 0.15) is 32.6 Å². The molecule has 0 aromatic rings. The number of hydrogen-bond acceptors (Lipinski definition) is 3. The molecule has 14 heavy (non-hydrogen) atoms. The van der Waals surface area contributed by atoms with Crippen molar-refractivity contribution >= 4 is 25.8 Å². The Morgan fingerprint density at radius 1 is 1.57 bits per heavy atom.